The van der Waals surface area contributed by atoms with Crippen LogP contribution in [0.15, 0.2) is 41.4 Å². The molecule has 7 heteroatoms. The zero-order valence-corrected chi connectivity index (χ0v) is 11.7. The first kappa shape index (κ1) is 13.6. The molecule has 0 bridgehead atoms. The molecule has 0 unspecified atom stereocenters. The summed E-state index contributed by atoms with van der Waals surface area (Å²) in [5.74, 6) is 0.144. The number of sulfonamides is 1. The molecule has 1 heterocycles. The van der Waals surface area contributed by atoms with Gasteiger partial charge in [0.2, 0.25) is 0 Å². The van der Waals surface area contributed by atoms with Gasteiger partial charge in [0, 0.05) is 17.3 Å². The van der Waals surface area contributed by atoms with Crippen LogP contribution >= 0.6 is 11.6 Å². The highest BCUT2D eigenvalue weighted by atomic mass is 35.5. The third kappa shape index (κ3) is 2.97. The summed E-state index contributed by atoms with van der Waals surface area (Å²) >= 11 is 5.95. The summed E-state index contributed by atoms with van der Waals surface area (Å²) in [5, 5.41) is 0.495. The number of hydrogen-bond acceptors (Lipinski definition) is 4. The normalized spacial score (nSPS) is 11.3. The lowest BCUT2D eigenvalue weighted by Crippen LogP contribution is -2.14. The van der Waals surface area contributed by atoms with Crippen molar-refractivity contribution in [1.29, 1.82) is 0 Å². The Balaban J connectivity index is 2.39. The standard InChI is InChI=1S/C12H12ClN3O2S/c1-8-10(13)3-2-4-11(8)16-19(17,18)9-5-6-15-12(14)7-9/h2-7,16H,1H3,(H2,14,15). The minimum atomic E-state index is -3.70. The Kier molecular flexibility index (Phi) is 3.64. The maximum Gasteiger partial charge on any atom is 0.262 e. The molecule has 0 saturated heterocycles. The van der Waals surface area contributed by atoms with Crippen LogP contribution in [0.5, 0.6) is 0 Å². The third-order valence-corrected chi connectivity index (χ3v) is 4.35. The average molecular weight is 298 g/mol. The van der Waals surface area contributed by atoms with E-state index in [4.69, 9.17) is 17.3 Å². The molecular formula is C12H12ClN3O2S. The Bertz CT molecular complexity index is 717. The van der Waals surface area contributed by atoms with E-state index in [1.807, 2.05) is 0 Å². The van der Waals surface area contributed by atoms with Crippen molar-refractivity contribution < 1.29 is 8.42 Å². The smallest absolute Gasteiger partial charge is 0.262 e. The van der Waals surface area contributed by atoms with Gasteiger partial charge in [0.15, 0.2) is 0 Å². The number of nitrogens with zero attached hydrogens (tertiary/aromatic N) is 1. The Hall–Kier alpha value is -1.79. The summed E-state index contributed by atoms with van der Waals surface area (Å²) in [6.45, 7) is 1.74. The minimum Gasteiger partial charge on any atom is -0.384 e. The summed E-state index contributed by atoms with van der Waals surface area (Å²) in [6, 6.07) is 7.68. The van der Waals surface area contributed by atoms with Crippen LogP contribution in [0, 0.1) is 6.92 Å². The van der Waals surface area contributed by atoms with Crippen molar-refractivity contribution in [1.82, 2.24) is 4.98 Å². The van der Waals surface area contributed by atoms with Crippen molar-refractivity contribution in [2.24, 2.45) is 0 Å². The van der Waals surface area contributed by atoms with Crippen molar-refractivity contribution in [3.63, 3.8) is 0 Å². The molecule has 0 aliphatic heterocycles. The van der Waals surface area contributed by atoms with Crippen LogP contribution in [0.1, 0.15) is 5.56 Å². The molecule has 5 nitrogen and oxygen atoms in total. The van der Waals surface area contributed by atoms with Crippen molar-refractivity contribution in [3.05, 3.63) is 47.1 Å². The second-order valence-electron chi connectivity index (χ2n) is 3.93. The molecule has 100 valence electrons. The molecule has 0 aliphatic rings. The van der Waals surface area contributed by atoms with Gasteiger partial charge in [0.1, 0.15) is 5.82 Å². The molecule has 0 spiro atoms. The fourth-order valence-corrected chi connectivity index (χ4v) is 2.84. The number of nitrogens with one attached hydrogen (secondary N) is 1. The fourth-order valence-electron chi connectivity index (χ4n) is 1.52. The van der Waals surface area contributed by atoms with E-state index >= 15 is 0 Å². The van der Waals surface area contributed by atoms with Crippen LogP contribution in [-0.4, -0.2) is 13.4 Å². The highest BCUT2D eigenvalue weighted by Gasteiger charge is 2.16. The topological polar surface area (TPSA) is 85.1 Å². The molecule has 0 amide bonds. The number of rotatable bonds is 3. The number of nitrogen functional groups attached to an aromatic ring is 1. The van der Waals surface area contributed by atoms with Gasteiger partial charge in [0.25, 0.3) is 10.0 Å². The average Bonchev–Trinajstić information content (AvgIpc) is 2.35. The summed E-state index contributed by atoms with van der Waals surface area (Å²) in [4.78, 5) is 3.81. The molecule has 0 saturated carbocycles. The molecule has 1 aromatic heterocycles. The third-order valence-electron chi connectivity index (χ3n) is 2.57. The Morgan fingerprint density at radius 1 is 1.32 bits per heavy atom. The van der Waals surface area contributed by atoms with Gasteiger partial charge in [-0.3, -0.25) is 4.72 Å². The van der Waals surface area contributed by atoms with Crippen LogP contribution in [0.2, 0.25) is 5.02 Å². The van der Waals surface area contributed by atoms with Crippen molar-refractivity contribution in [2.75, 3.05) is 10.5 Å². The summed E-state index contributed by atoms with van der Waals surface area (Å²) in [5.41, 5.74) is 6.57. The van der Waals surface area contributed by atoms with Gasteiger partial charge in [-0.25, -0.2) is 13.4 Å². The first-order chi connectivity index (χ1) is 8.90. The highest BCUT2D eigenvalue weighted by molar-refractivity contribution is 7.92. The van der Waals surface area contributed by atoms with E-state index in [0.29, 0.717) is 16.3 Å². The van der Waals surface area contributed by atoms with Crippen LogP contribution in [-0.2, 0) is 10.0 Å². The molecule has 0 fully saturated rings. The van der Waals surface area contributed by atoms with E-state index < -0.39 is 10.0 Å². The van der Waals surface area contributed by atoms with E-state index in [0.717, 1.165) is 0 Å². The zero-order chi connectivity index (χ0) is 14.0. The van der Waals surface area contributed by atoms with Crippen molar-refractivity contribution >= 4 is 33.1 Å². The predicted octanol–water partition coefficient (Wildman–Crippen LogP) is 2.43. The van der Waals surface area contributed by atoms with E-state index in [2.05, 4.69) is 9.71 Å². The highest BCUT2D eigenvalue weighted by Crippen LogP contribution is 2.25. The Labute approximate surface area is 116 Å². The largest absolute Gasteiger partial charge is 0.384 e. The molecule has 19 heavy (non-hydrogen) atoms. The number of hydrogen-bond donors (Lipinski definition) is 2. The second kappa shape index (κ2) is 5.07. The molecule has 2 rings (SSSR count). The second-order valence-corrected chi connectivity index (χ2v) is 6.02. The molecule has 0 atom stereocenters. The maximum atomic E-state index is 12.2. The Morgan fingerprint density at radius 2 is 2.05 bits per heavy atom. The van der Waals surface area contributed by atoms with Crippen LogP contribution in [0.4, 0.5) is 11.5 Å². The molecule has 1 aromatic carbocycles. The number of aromatic nitrogens is 1. The van der Waals surface area contributed by atoms with Gasteiger partial charge >= 0.3 is 0 Å². The van der Waals surface area contributed by atoms with Crippen LogP contribution < -0.4 is 10.5 Å². The summed E-state index contributed by atoms with van der Waals surface area (Å²) < 4.78 is 26.8. The predicted molar refractivity (Wildman–Crippen MR) is 75.6 cm³/mol. The number of halogens is 1. The van der Waals surface area contributed by atoms with Crippen molar-refractivity contribution in [3.8, 4) is 0 Å². The van der Waals surface area contributed by atoms with E-state index in [1.165, 1.54) is 18.3 Å². The lowest BCUT2D eigenvalue weighted by Gasteiger charge is -2.11. The number of benzene rings is 1. The molecular weight excluding hydrogens is 286 g/mol. The molecule has 0 radical (unpaired) electrons. The first-order valence-electron chi connectivity index (χ1n) is 5.39. The summed E-state index contributed by atoms with van der Waals surface area (Å²) in [6.07, 6.45) is 1.34. The summed E-state index contributed by atoms with van der Waals surface area (Å²) in [7, 11) is -3.70. The quantitative estimate of drug-likeness (QED) is 0.911. The van der Waals surface area contributed by atoms with Crippen LogP contribution in [0.25, 0.3) is 0 Å². The number of pyridine rings is 1. The van der Waals surface area contributed by atoms with Gasteiger partial charge in [-0.05, 0) is 30.7 Å². The lowest BCUT2D eigenvalue weighted by molar-refractivity contribution is 0.601. The molecule has 3 N–H and O–H groups in total. The number of nitrogens with two attached hydrogens (primary N) is 1. The lowest BCUT2D eigenvalue weighted by atomic mass is 10.2. The zero-order valence-electron chi connectivity index (χ0n) is 10.1. The maximum absolute atomic E-state index is 12.2. The van der Waals surface area contributed by atoms with Gasteiger partial charge in [-0.1, -0.05) is 17.7 Å². The first-order valence-corrected chi connectivity index (χ1v) is 7.26. The number of anilines is 2. The monoisotopic (exact) mass is 297 g/mol. The molecule has 2 aromatic rings. The SMILES string of the molecule is Cc1c(Cl)cccc1NS(=O)(=O)c1ccnc(N)c1. The van der Waals surface area contributed by atoms with E-state index in [9.17, 15) is 8.42 Å². The van der Waals surface area contributed by atoms with Gasteiger partial charge in [-0.2, -0.15) is 0 Å². The van der Waals surface area contributed by atoms with Crippen molar-refractivity contribution in [2.45, 2.75) is 11.8 Å². The fraction of sp³-hybridized carbons (Fsp3) is 0.0833. The van der Waals surface area contributed by atoms with Gasteiger partial charge in [-0.15, -0.1) is 0 Å². The van der Waals surface area contributed by atoms with Gasteiger partial charge in [0.05, 0.1) is 10.6 Å². The van der Waals surface area contributed by atoms with Gasteiger partial charge < -0.3 is 5.73 Å². The minimum absolute atomic E-state index is 0.0550. The molecule has 0 aliphatic carbocycles. The van der Waals surface area contributed by atoms with Crippen LogP contribution in [0.3, 0.4) is 0 Å². The van der Waals surface area contributed by atoms with E-state index in [1.54, 1.807) is 25.1 Å². The Morgan fingerprint density at radius 3 is 2.74 bits per heavy atom. The van der Waals surface area contributed by atoms with E-state index in [-0.39, 0.29) is 10.7 Å².